The molecule has 1 fully saturated rings. The van der Waals surface area contributed by atoms with Crippen LogP contribution in [-0.4, -0.2) is 13.1 Å². The van der Waals surface area contributed by atoms with E-state index >= 15 is 0 Å². The van der Waals surface area contributed by atoms with Crippen LogP contribution in [0.4, 0.5) is 0 Å². The van der Waals surface area contributed by atoms with E-state index in [4.69, 9.17) is 5.73 Å². The molecule has 0 amide bonds. The lowest BCUT2D eigenvalue weighted by Crippen LogP contribution is -2.30. The van der Waals surface area contributed by atoms with E-state index in [1.165, 1.54) is 23.1 Å². The molecule has 1 aliphatic carbocycles. The van der Waals surface area contributed by atoms with E-state index in [1.807, 2.05) is 0 Å². The second-order valence-electron chi connectivity index (χ2n) is 5.46. The molecule has 0 radical (unpaired) electrons. The molecular weight excluding hydrogens is 208 g/mol. The number of benzene rings is 1. The fraction of sp³-hybridized carbons (Fsp3) is 0.600. The zero-order chi connectivity index (χ0) is 12.4. The molecule has 3 atom stereocenters. The van der Waals surface area contributed by atoms with Crippen molar-refractivity contribution in [3.05, 3.63) is 34.9 Å². The molecule has 0 saturated heterocycles. The first-order valence-electron chi connectivity index (χ1n) is 6.63. The van der Waals surface area contributed by atoms with Crippen LogP contribution in [0.15, 0.2) is 18.2 Å². The Bertz CT molecular complexity index is 387. The predicted molar refractivity (Wildman–Crippen MR) is 73.0 cm³/mol. The minimum atomic E-state index is 0.308. The number of aryl methyl sites for hydroxylation is 1. The third-order valence-corrected chi connectivity index (χ3v) is 4.16. The van der Waals surface area contributed by atoms with Crippen molar-refractivity contribution < 1.29 is 0 Å². The Morgan fingerprint density at radius 2 is 2.12 bits per heavy atom. The topological polar surface area (TPSA) is 38.0 Å². The SMILES string of the molecule is Cc1cccc(C(CN)NCC2CC2C)c1C. The van der Waals surface area contributed by atoms with Gasteiger partial charge in [0, 0.05) is 12.6 Å². The molecule has 1 aromatic carbocycles. The normalized spacial score (nSPS) is 24.7. The Kier molecular flexibility index (Phi) is 3.85. The molecule has 17 heavy (non-hydrogen) atoms. The number of hydrogen-bond donors (Lipinski definition) is 2. The Morgan fingerprint density at radius 3 is 2.71 bits per heavy atom. The lowest BCUT2D eigenvalue weighted by molar-refractivity contribution is 0.509. The van der Waals surface area contributed by atoms with Gasteiger partial charge in [-0.25, -0.2) is 0 Å². The zero-order valence-corrected chi connectivity index (χ0v) is 11.2. The van der Waals surface area contributed by atoms with E-state index in [9.17, 15) is 0 Å². The molecule has 1 saturated carbocycles. The maximum Gasteiger partial charge on any atom is 0.0447 e. The van der Waals surface area contributed by atoms with E-state index in [1.54, 1.807) is 0 Å². The van der Waals surface area contributed by atoms with Gasteiger partial charge in [-0.05, 0) is 55.3 Å². The standard InChI is InChI=1S/C15H24N2/c1-10-5-4-6-14(12(10)3)15(8-16)17-9-13-7-11(13)2/h4-6,11,13,15,17H,7-9,16H2,1-3H3. The van der Waals surface area contributed by atoms with Crippen LogP contribution >= 0.6 is 0 Å². The third-order valence-electron chi connectivity index (χ3n) is 4.16. The second-order valence-corrected chi connectivity index (χ2v) is 5.46. The van der Waals surface area contributed by atoms with E-state index in [0.29, 0.717) is 12.6 Å². The fourth-order valence-corrected chi connectivity index (χ4v) is 2.45. The largest absolute Gasteiger partial charge is 0.329 e. The summed E-state index contributed by atoms with van der Waals surface area (Å²) in [6.45, 7) is 8.45. The van der Waals surface area contributed by atoms with Crippen LogP contribution in [0.1, 0.15) is 36.1 Å². The van der Waals surface area contributed by atoms with Crippen molar-refractivity contribution in [2.75, 3.05) is 13.1 Å². The maximum atomic E-state index is 5.90. The summed E-state index contributed by atoms with van der Waals surface area (Å²) in [4.78, 5) is 0. The third kappa shape index (κ3) is 2.88. The first kappa shape index (κ1) is 12.6. The van der Waals surface area contributed by atoms with Gasteiger partial charge in [-0.1, -0.05) is 25.1 Å². The molecule has 0 bridgehead atoms. The molecule has 0 spiro atoms. The highest BCUT2D eigenvalue weighted by atomic mass is 14.9. The molecule has 94 valence electrons. The number of rotatable bonds is 5. The van der Waals surface area contributed by atoms with Gasteiger partial charge in [0.05, 0.1) is 0 Å². The Balaban J connectivity index is 2.03. The average molecular weight is 232 g/mol. The van der Waals surface area contributed by atoms with Crippen molar-refractivity contribution in [2.24, 2.45) is 17.6 Å². The molecule has 0 heterocycles. The van der Waals surface area contributed by atoms with Crippen LogP contribution in [0.3, 0.4) is 0 Å². The second kappa shape index (κ2) is 5.19. The van der Waals surface area contributed by atoms with Crippen LogP contribution in [0.5, 0.6) is 0 Å². The Morgan fingerprint density at radius 1 is 1.41 bits per heavy atom. The summed E-state index contributed by atoms with van der Waals surface area (Å²) in [7, 11) is 0. The highest BCUT2D eigenvalue weighted by Gasteiger charge is 2.32. The highest BCUT2D eigenvalue weighted by Crippen LogP contribution is 2.37. The first-order valence-corrected chi connectivity index (χ1v) is 6.63. The van der Waals surface area contributed by atoms with E-state index in [-0.39, 0.29) is 0 Å². The van der Waals surface area contributed by atoms with Gasteiger partial charge in [-0.3, -0.25) is 0 Å². The molecule has 2 nitrogen and oxygen atoms in total. The van der Waals surface area contributed by atoms with Gasteiger partial charge in [-0.2, -0.15) is 0 Å². The van der Waals surface area contributed by atoms with Gasteiger partial charge in [0.15, 0.2) is 0 Å². The summed E-state index contributed by atoms with van der Waals surface area (Å²) in [5.41, 5.74) is 9.99. The fourth-order valence-electron chi connectivity index (χ4n) is 2.45. The Hall–Kier alpha value is -0.860. The molecule has 3 unspecified atom stereocenters. The highest BCUT2D eigenvalue weighted by molar-refractivity contribution is 5.35. The van der Waals surface area contributed by atoms with Crippen molar-refractivity contribution in [2.45, 2.75) is 33.2 Å². The molecule has 1 aromatic rings. The Labute approximate surface area is 105 Å². The van der Waals surface area contributed by atoms with Gasteiger partial charge in [0.2, 0.25) is 0 Å². The molecule has 0 aliphatic heterocycles. The molecule has 2 heteroatoms. The van der Waals surface area contributed by atoms with Crippen molar-refractivity contribution in [3.8, 4) is 0 Å². The van der Waals surface area contributed by atoms with Crippen LogP contribution in [0, 0.1) is 25.7 Å². The monoisotopic (exact) mass is 232 g/mol. The summed E-state index contributed by atoms with van der Waals surface area (Å²) in [5.74, 6) is 1.77. The molecule has 3 N–H and O–H groups in total. The van der Waals surface area contributed by atoms with Gasteiger partial charge >= 0.3 is 0 Å². The average Bonchev–Trinajstić information content (AvgIpc) is 3.01. The summed E-state index contributed by atoms with van der Waals surface area (Å²) < 4.78 is 0. The van der Waals surface area contributed by atoms with Crippen molar-refractivity contribution in [1.29, 1.82) is 0 Å². The number of nitrogens with one attached hydrogen (secondary N) is 1. The minimum Gasteiger partial charge on any atom is -0.329 e. The van der Waals surface area contributed by atoms with Crippen LogP contribution in [0.25, 0.3) is 0 Å². The van der Waals surface area contributed by atoms with Crippen molar-refractivity contribution >= 4 is 0 Å². The lowest BCUT2D eigenvalue weighted by Gasteiger charge is -2.20. The smallest absolute Gasteiger partial charge is 0.0447 e. The van der Waals surface area contributed by atoms with Gasteiger partial charge in [0.1, 0.15) is 0 Å². The number of hydrogen-bond acceptors (Lipinski definition) is 2. The summed E-state index contributed by atoms with van der Waals surface area (Å²) in [6.07, 6.45) is 1.37. The minimum absolute atomic E-state index is 0.308. The van der Waals surface area contributed by atoms with E-state index in [2.05, 4.69) is 44.3 Å². The van der Waals surface area contributed by atoms with Crippen molar-refractivity contribution in [3.63, 3.8) is 0 Å². The van der Waals surface area contributed by atoms with Crippen molar-refractivity contribution in [1.82, 2.24) is 5.32 Å². The van der Waals surface area contributed by atoms with E-state index < -0.39 is 0 Å². The maximum absolute atomic E-state index is 5.90. The van der Waals surface area contributed by atoms with Gasteiger partial charge < -0.3 is 11.1 Å². The van der Waals surface area contributed by atoms with Gasteiger partial charge in [-0.15, -0.1) is 0 Å². The number of nitrogens with two attached hydrogens (primary N) is 1. The van der Waals surface area contributed by atoms with Crippen LogP contribution in [-0.2, 0) is 0 Å². The van der Waals surface area contributed by atoms with Gasteiger partial charge in [0.25, 0.3) is 0 Å². The molecule has 2 rings (SSSR count). The summed E-state index contributed by atoms with van der Waals surface area (Å²) >= 11 is 0. The lowest BCUT2D eigenvalue weighted by atomic mass is 9.97. The molecular formula is C15H24N2. The summed E-state index contributed by atoms with van der Waals surface area (Å²) in [6, 6.07) is 6.79. The predicted octanol–water partition coefficient (Wildman–Crippen LogP) is 2.55. The molecule has 1 aliphatic rings. The van der Waals surface area contributed by atoms with Crippen LogP contribution in [0.2, 0.25) is 0 Å². The summed E-state index contributed by atoms with van der Waals surface area (Å²) in [5, 5.41) is 3.62. The molecule has 0 aromatic heterocycles. The first-order chi connectivity index (χ1) is 8.13. The van der Waals surface area contributed by atoms with E-state index in [0.717, 1.165) is 18.4 Å². The quantitative estimate of drug-likeness (QED) is 0.819. The van der Waals surface area contributed by atoms with Crippen LogP contribution < -0.4 is 11.1 Å². The zero-order valence-electron chi connectivity index (χ0n) is 11.2.